The van der Waals surface area contributed by atoms with Gasteiger partial charge in [0.15, 0.2) is 0 Å². The fourth-order valence-electron chi connectivity index (χ4n) is 3.30. The number of amides is 1. The number of nitriles is 1. The van der Waals surface area contributed by atoms with Crippen LogP contribution in [0.15, 0.2) is 54.1 Å². The van der Waals surface area contributed by atoms with Gasteiger partial charge in [0.1, 0.15) is 17.4 Å². The van der Waals surface area contributed by atoms with Gasteiger partial charge in [-0.15, -0.1) is 0 Å². The molecule has 1 N–H and O–H groups in total. The molecule has 1 aliphatic rings. The van der Waals surface area contributed by atoms with Crippen LogP contribution in [0.25, 0.3) is 6.08 Å². The summed E-state index contributed by atoms with van der Waals surface area (Å²) in [7, 11) is 0. The van der Waals surface area contributed by atoms with Crippen LogP contribution >= 0.6 is 0 Å². The van der Waals surface area contributed by atoms with Crippen LogP contribution in [0.3, 0.4) is 0 Å². The van der Waals surface area contributed by atoms with Crippen LogP contribution in [0.4, 0.5) is 11.4 Å². The highest BCUT2D eigenvalue weighted by Crippen LogP contribution is 2.22. The van der Waals surface area contributed by atoms with Crippen LogP contribution in [0.5, 0.6) is 5.75 Å². The lowest BCUT2D eigenvalue weighted by Crippen LogP contribution is -2.29. The van der Waals surface area contributed by atoms with Crippen molar-refractivity contribution in [2.45, 2.75) is 32.6 Å². The normalized spacial score (nSPS) is 14.2. The van der Waals surface area contributed by atoms with Crippen molar-refractivity contribution in [2.24, 2.45) is 0 Å². The molecule has 5 heteroatoms. The molecule has 29 heavy (non-hydrogen) atoms. The van der Waals surface area contributed by atoms with E-state index in [0.29, 0.717) is 12.3 Å². The van der Waals surface area contributed by atoms with Crippen molar-refractivity contribution in [1.82, 2.24) is 0 Å². The first-order chi connectivity index (χ1) is 14.2. The van der Waals surface area contributed by atoms with Crippen molar-refractivity contribution in [1.29, 1.82) is 5.26 Å². The third-order valence-electron chi connectivity index (χ3n) is 4.88. The Bertz CT molecular complexity index is 874. The molecule has 0 atom stereocenters. The largest absolute Gasteiger partial charge is 0.494 e. The van der Waals surface area contributed by atoms with Gasteiger partial charge in [0.05, 0.1) is 6.61 Å². The Balaban J connectivity index is 1.63. The van der Waals surface area contributed by atoms with E-state index in [9.17, 15) is 10.1 Å². The lowest BCUT2D eigenvalue weighted by molar-refractivity contribution is -0.112. The summed E-state index contributed by atoms with van der Waals surface area (Å²) in [6.07, 6.45) is 6.27. The summed E-state index contributed by atoms with van der Waals surface area (Å²) in [5, 5.41) is 12.2. The molecule has 1 fully saturated rings. The van der Waals surface area contributed by atoms with Crippen molar-refractivity contribution < 1.29 is 9.53 Å². The van der Waals surface area contributed by atoms with Gasteiger partial charge in [0.2, 0.25) is 0 Å². The van der Waals surface area contributed by atoms with Gasteiger partial charge < -0.3 is 15.0 Å². The molecule has 0 unspecified atom stereocenters. The van der Waals surface area contributed by atoms with Gasteiger partial charge in [0, 0.05) is 24.5 Å². The summed E-state index contributed by atoms with van der Waals surface area (Å²) >= 11 is 0. The second-order valence-corrected chi connectivity index (χ2v) is 7.14. The Morgan fingerprint density at radius 2 is 1.79 bits per heavy atom. The van der Waals surface area contributed by atoms with E-state index in [1.807, 2.05) is 54.6 Å². The van der Waals surface area contributed by atoms with Gasteiger partial charge in [-0.2, -0.15) is 5.26 Å². The number of carbonyl (C=O) groups is 1. The van der Waals surface area contributed by atoms with Gasteiger partial charge in [-0.3, -0.25) is 4.79 Å². The minimum Gasteiger partial charge on any atom is -0.494 e. The van der Waals surface area contributed by atoms with Gasteiger partial charge in [-0.25, -0.2) is 0 Å². The number of hydrogen-bond donors (Lipinski definition) is 1. The maximum absolute atomic E-state index is 12.5. The number of nitrogens with zero attached hydrogens (tertiary/aromatic N) is 2. The zero-order valence-corrected chi connectivity index (χ0v) is 16.9. The van der Waals surface area contributed by atoms with E-state index in [1.165, 1.54) is 24.9 Å². The van der Waals surface area contributed by atoms with Crippen molar-refractivity contribution in [3.8, 4) is 11.8 Å². The first-order valence-electron chi connectivity index (χ1n) is 10.2. The molecule has 2 aromatic rings. The Labute approximate surface area is 172 Å². The Kier molecular flexibility index (Phi) is 7.29. The maximum Gasteiger partial charge on any atom is 0.266 e. The van der Waals surface area contributed by atoms with Crippen LogP contribution in [0.2, 0.25) is 0 Å². The van der Waals surface area contributed by atoms with Crippen LogP contribution in [0.1, 0.15) is 38.2 Å². The molecular weight excluding hydrogens is 362 g/mol. The minimum atomic E-state index is -0.412. The Morgan fingerprint density at radius 3 is 2.41 bits per heavy atom. The molecule has 5 nitrogen and oxygen atoms in total. The van der Waals surface area contributed by atoms with Gasteiger partial charge in [-0.05, 0) is 73.7 Å². The molecule has 0 radical (unpaired) electrons. The molecule has 3 rings (SSSR count). The highest BCUT2D eigenvalue weighted by Gasteiger charge is 2.12. The summed E-state index contributed by atoms with van der Waals surface area (Å²) in [5.74, 6) is 0.366. The summed E-state index contributed by atoms with van der Waals surface area (Å²) in [4.78, 5) is 14.9. The van der Waals surface area contributed by atoms with Crippen molar-refractivity contribution in [3.05, 3.63) is 59.7 Å². The second-order valence-electron chi connectivity index (χ2n) is 7.14. The molecular formula is C24H27N3O2. The van der Waals surface area contributed by atoms with Crippen molar-refractivity contribution in [2.75, 3.05) is 29.9 Å². The Morgan fingerprint density at radius 1 is 1.10 bits per heavy atom. The molecule has 0 saturated carbocycles. The van der Waals surface area contributed by atoms with E-state index in [-0.39, 0.29) is 5.57 Å². The predicted octanol–water partition coefficient (Wildman–Crippen LogP) is 5.01. The first-order valence-corrected chi connectivity index (χ1v) is 10.2. The molecule has 1 aliphatic heterocycles. The van der Waals surface area contributed by atoms with E-state index in [4.69, 9.17) is 4.74 Å². The van der Waals surface area contributed by atoms with Crippen LogP contribution in [0, 0.1) is 11.3 Å². The number of hydrogen-bond acceptors (Lipinski definition) is 4. The SMILES string of the molecule is CCCOc1ccc(/C=C(\C#N)C(=O)Nc2ccc(N3CCCCC3)cc2)cc1. The number of carbonyl (C=O) groups excluding carboxylic acids is 1. The summed E-state index contributed by atoms with van der Waals surface area (Å²) in [6, 6.07) is 17.2. The van der Waals surface area contributed by atoms with E-state index in [2.05, 4.69) is 17.1 Å². The monoisotopic (exact) mass is 389 g/mol. The molecule has 0 spiro atoms. The summed E-state index contributed by atoms with van der Waals surface area (Å²) in [6.45, 7) is 4.87. The van der Waals surface area contributed by atoms with E-state index in [0.717, 1.165) is 30.8 Å². The third-order valence-corrected chi connectivity index (χ3v) is 4.88. The highest BCUT2D eigenvalue weighted by atomic mass is 16.5. The Hall–Kier alpha value is -3.26. The number of nitrogens with one attached hydrogen (secondary N) is 1. The molecule has 1 saturated heterocycles. The number of ether oxygens (including phenoxy) is 1. The zero-order valence-electron chi connectivity index (χ0n) is 16.9. The lowest BCUT2D eigenvalue weighted by Gasteiger charge is -2.28. The second kappa shape index (κ2) is 10.3. The molecule has 0 aromatic heterocycles. The highest BCUT2D eigenvalue weighted by molar-refractivity contribution is 6.09. The lowest BCUT2D eigenvalue weighted by atomic mass is 10.1. The van der Waals surface area contributed by atoms with Crippen LogP contribution in [-0.4, -0.2) is 25.6 Å². The average Bonchev–Trinajstić information content (AvgIpc) is 2.78. The van der Waals surface area contributed by atoms with Gasteiger partial charge >= 0.3 is 0 Å². The molecule has 0 aliphatic carbocycles. The van der Waals surface area contributed by atoms with Gasteiger partial charge in [0.25, 0.3) is 5.91 Å². The van der Waals surface area contributed by atoms with Crippen molar-refractivity contribution in [3.63, 3.8) is 0 Å². The zero-order chi connectivity index (χ0) is 20.5. The minimum absolute atomic E-state index is 0.0623. The molecule has 0 bridgehead atoms. The van der Waals surface area contributed by atoms with Crippen molar-refractivity contribution >= 4 is 23.4 Å². The predicted molar refractivity (Wildman–Crippen MR) is 117 cm³/mol. The maximum atomic E-state index is 12.5. The molecule has 1 amide bonds. The standard InChI is InChI=1S/C24H27N3O2/c1-2-16-29-23-12-6-19(7-13-23)17-20(18-25)24(28)26-21-8-10-22(11-9-21)27-14-4-3-5-15-27/h6-13,17H,2-5,14-16H2,1H3,(H,26,28)/b20-17+. The number of anilines is 2. The number of rotatable bonds is 7. The number of piperidine rings is 1. The fraction of sp³-hybridized carbons (Fsp3) is 0.333. The van der Waals surface area contributed by atoms with E-state index < -0.39 is 5.91 Å². The van der Waals surface area contributed by atoms with E-state index in [1.54, 1.807) is 6.08 Å². The first kappa shape index (κ1) is 20.5. The quantitative estimate of drug-likeness (QED) is 0.534. The van der Waals surface area contributed by atoms with Crippen LogP contribution in [-0.2, 0) is 4.79 Å². The molecule has 2 aromatic carbocycles. The topological polar surface area (TPSA) is 65.4 Å². The van der Waals surface area contributed by atoms with E-state index >= 15 is 0 Å². The van der Waals surface area contributed by atoms with Gasteiger partial charge in [-0.1, -0.05) is 19.1 Å². The average molecular weight is 389 g/mol. The number of benzene rings is 2. The molecule has 1 heterocycles. The molecule has 150 valence electrons. The summed E-state index contributed by atoms with van der Waals surface area (Å²) < 4.78 is 5.55. The smallest absolute Gasteiger partial charge is 0.266 e. The summed E-state index contributed by atoms with van der Waals surface area (Å²) in [5.41, 5.74) is 2.69. The fourth-order valence-corrected chi connectivity index (χ4v) is 3.30. The third kappa shape index (κ3) is 5.86. The van der Waals surface area contributed by atoms with Crippen LogP contribution < -0.4 is 15.0 Å².